The fraction of sp³-hybridized carbons (Fsp3) is 0.294. The number of nitrogens with zero attached hydrogens (tertiary/aromatic N) is 2. The van der Waals surface area contributed by atoms with E-state index in [0.29, 0.717) is 19.6 Å². The third-order valence-electron chi connectivity index (χ3n) is 4.56. The second-order valence-corrected chi connectivity index (χ2v) is 6.65. The highest BCUT2D eigenvalue weighted by molar-refractivity contribution is 7.08. The molecule has 2 saturated heterocycles. The van der Waals surface area contributed by atoms with Gasteiger partial charge in [0.2, 0.25) is 5.91 Å². The molecule has 1 aromatic heterocycles. The molecular formula is C17H16N2O2S. The number of fused-ring (bicyclic) bond motifs is 1. The molecule has 0 bridgehead atoms. The molecule has 2 aromatic rings. The molecule has 4 nitrogen and oxygen atoms in total. The van der Waals surface area contributed by atoms with Gasteiger partial charge in [0.1, 0.15) is 0 Å². The fourth-order valence-corrected chi connectivity index (χ4v) is 4.07. The van der Waals surface area contributed by atoms with Crippen molar-refractivity contribution in [2.24, 2.45) is 11.8 Å². The van der Waals surface area contributed by atoms with E-state index >= 15 is 0 Å². The van der Waals surface area contributed by atoms with Crippen molar-refractivity contribution in [3.8, 4) is 0 Å². The van der Waals surface area contributed by atoms with Crippen LogP contribution in [0.25, 0.3) is 0 Å². The van der Waals surface area contributed by atoms with Crippen molar-refractivity contribution >= 4 is 28.8 Å². The van der Waals surface area contributed by atoms with Gasteiger partial charge < -0.3 is 9.80 Å². The summed E-state index contributed by atoms with van der Waals surface area (Å²) in [7, 11) is 0. The highest BCUT2D eigenvalue weighted by atomic mass is 32.1. The predicted octanol–water partition coefficient (Wildman–Crippen LogP) is 2.48. The Kier molecular flexibility index (Phi) is 3.22. The van der Waals surface area contributed by atoms with Crippen LogP contribution in [0.4, 0.5) is 5.69 Å². The lowest BCUT2D eigenvalue weighted by molar-refractivity contribution is -0.120. The minimum absolute atomic E-state index is 0.0507. The van der Waals surface area contributed by atoms with Crippen LogP contribution in [-0.2, 0) is 4.79 Å². The summed E-state index contributed by atoms with van der Waals surface area (Å²) in [6.45, 7) is 1.93. The first-order chi connectivity index (χ1) is 10.7. The minimum atomic E-state index is -0.0530. The Morgan fingerprint density at radius 3 is 2.59 bits per heavy atom. The number of para-hydroxylation sites is 1. The van der Waals surface area contributed by atoms with Crippen molar-refractivity contribution in [2.45, 2.75) is 0 Å². The number of anilines is 1. The molecule has 2 aliphatic rings. The maximum atomic E-state index is 12.6. The van der Waals surface area contributed by atoms with Crippen LogP contribution >= 0.6 is 11.3 Å². The summed E-state index contributed by atoms with van der Waals surface area (Å²) in [6.07, 6.45) is 0. The number of hydrogen-bond donors (Lipinski definition) is 0. The molecule has 2 amide bonds. The molecule has 1 aromatic carbocycles. The molecule has 0 unspecified atom stereocenters. The molecule has 4 rings (SSSR count). The van der Waals surface area contributed by atoms with Crippen LogP contribution in [-0.4, -0.2) is 36.3 Å². The average molecular weight is 312 g/mol. The maximum Gasteiger partial charge on any atom is 0.254 e. The molecule has 0 radical (unpaired) electrons. The SMILES string of the molecule is O=C(c1ccsc1)N1C[C@@H]2CN(c3ccccc3)C(=O)[C@H]2C1. The van der Waals surface area contributed by atoms with Gasteiger partial charge in [0.15, 0.2) is 0 Å². The molecule has 0 N–H and O–H groups in total. The van der Waals surface area contributed by atoms with E-state index in [1.165, 1.54) is 11.3 Å². The molecular weight excluding hydrogens is 296 g/mol. The molecule has 112 valence electrons. The van der Waals surface area contributed by atoms with E-state index in [1.807, 2.05) is 57.0 Å². The number of carbonyl (C=O) groups excluding carboxylic acids is 2. The van der Waals surface area contributed by atoms with Gasteiger partial charge in [0.05, 0.1) is 11.5 Å². The van der Waals surface area contributed by atoms with Gasteiger partial charge in [-0.25, -0.2) is 0 Å². The van der Waals surface area contributed by atoms with E-state index < -0.39 is 0 Å². The van der Waals surface area contributed by atoms with Gasteiger partial charge in [-0.1, -0.05) is 18.2 Å². The minimum Gasteiger partial charge on any atom is -0.337 e. The lowest BCUT2D eigenvalue weighted by Gasteiger charge is -2.21. The van der Waals surface area contributed by atoms with Crippen LogP contribution in [0.5, 0.6) is 0 Å². The average Bonchev–Trinajstić information content (AvgIpc) is 3.25. The monoisotopic (exact) mass is 312 g/mol. The van der Waals surface area contributed by atoms with Gasteiger partial charge in [-0.3, -0.25) is 9.59 Å². The second-order valence-electron chi connectivity index (χ2n) is 5.87. The number of carbonyl (C=O) groups is 2. The quantitative estimate of drug-likeness (QED) is 0.855. The van der Waals surface area contributed by atoms with Crippen LogP contribution in [0.3, 0.4) is 0 Å². The van der Waals surface area contributed by atoms with Gasteiger partial charge in [-0.2, -0.15) is 11.3 Å². The zero-order chi connectivity index (χ0) is 15.1. The molecule has 22 heavy (non-hydrogen) atoms. The number of amides is 2. The number of hydrogen-bond acceptors (Lipinski definition) is 3. The van der Waals surface area contributed by atoms with Crippen molar-refractivity contribution in [2.75, 3.05) is 24.5 Å². The summed E-state index contributed by atoms with van der Waals surface area (Å²) < 4.78 is 0. The largest absolute Gasteiger partial charge is 0.337 e. The highest BCUT2D eigenvalue weighted by Gasteiger charge is 2.47. The van der Waals surface area contributed by atoms with Crippen molar-refractivity contribution in [3.63, 3.8) is 0 Å². The number of likely N-dealkylation sites (tertiary alicyclic amines) is 1. The molecule has 2 atom stereocenters. The number of benzene rings is 1. The van der Waals surface area contributed by atoms with Crippen LogP contribution < -0.4 is 4.90 Å². The Morgan fingerprint density at radius 2 is 1.91 bits per heavy atom. The maximum absolute atomic E-state index is 12.6. The van der Waals surface area contributed by atoms with E-state index in [2.05, 4.69) is 0 Å². The zero-order valence-electron chi connectivity index (χ0n) is 12.0. The fourth-order valence-electron chi connectivity index (χ4n) is 3.44. The van der Waals surface area contributed by atoms with Gasteiger partial charge >= 0.3 is 0 Å². The first kappa shape index (κ1) is 13.5. The van der Waals surface area contributed by atoms with Gasteiger partial charge in [-0.05, 0) is 23.6 Å². The molecule has 5 heteroatoms. The molecule has 2 aliphatic heterocycles. The summed E-state index contributed by atoms with van der Waals surface area (Å²) in [5, 5.41) is 3.78. The van der Waals surface area contributed by atoms with Crippen molar-refractivity contribution < 1.29 is 9.59 Å². The van der Waals surface area contributed by atoms with Crippen LogP contribution in [0.1, 0.15) is 10.4 Å². The Bertz CT molecular complexity index is 699. The molecule has 0 aliphatic carbocycles. The van der Waals surface area contributed by atoms with E-state index in [1.54, 1.807) is 0 Å². The first-order valence-corrected chi connectivity index (χ1v) is 8.36. The van der Waals surface area contributed by atoms with Crippen LogP contribution in [0.2, 0.25) is 0 Å². The third kappa shape index (κ3) is 2.13. The normalized spacial score (nSPS) is 23.9. The summed E-state index contributed by atoms with van der Waals surface area (Å²) in [5.74, 6) is 0.393. The number of rotatable bonds is 2. The van der Waals surface area contributed by atoms with E-state index in [9.17, 15) is 9.59 Å². The second kappa shape index (κ2) is 5.25. The first-order valence-electron chi connectivity index (χ1n) is 7.42. The van der Waals surface area contributed by atoms with Crippen molar-refractivity contribution in [1.29, 1.82) is 0 Å². The third-order valence-corrected chi connectivity index (χ3v) is 5.25. The predicted molar refractivity (Wildman–Crippen MR) is 86.0 cm³/mol. The van der Waals surface area contributed by atoms with Gasteiger partial charge in [0, 0.05) is 36.6 Å². The Labute approximate surface area is 133 Å². The van der Waals surface area contributed by atoms with Crippen molar-refractivity contribution in [1.82, 2.24) is 4.90 Å². The lowest BCUT2D eigenvalue weighted by atomic mass is 10.0. The highest BCUT2D eigenvalue weighted by Crippen LogP contribution is 2.35. The number of thiophene rings is 1. The van der Waals surface area contributed by atoms with E-state index in [4.69, 9.17) is 0 Å². The molecule has 0 spiro atoms. The zero-order valence-corrected chi connectivity index (χ0v) is 12.8. The summed E-state index contributed by atoms with van der Waals surface area (Å²) in [5.41, 5.74) is 1.69. The molecule has 2 fully saturated rings. The Morgan fingerprint density at radius 1 is 1.09 bits per heavy atom. The van der Waals surface area contributed by atoms with Crippen molar-refractivity contribution in [3.05, 3.63) is 52.7 Å². The summed E-state index contributed by atoms with van der Waals surface area (Å²) in [4.78, 5) is 28.7. The van der Waals surface area contributed by atoms with Crippen LogP contribution in [0.15, 0.2) is 47.2 Å². The van der Waals surface area contributed by atoms with Gasteiger partial charge in [-0.15, -0.1) is 0 Å². The summed E-state index contributed by atoms with van der Waals surface area (Å²) >= 11 is 1.52. The molecule has 3 heterocycles. The van der Waals surface area contributed by atoms with Crippen LogP contribution in [0, 0.1) is 11.8 Å². The Hall–Kier alpha value is -2.14. The smallest absolute Gasteiger partial charge is 0.254 e. The topological polar surface area (TPSA) is 40.6 Å². The van der Waals surface area contributed by atoms with E-state index in [0.717, 1.165) is 11.3 Å². The van der Waals surface area contributed by atoms with Gasteiger partial charge in [0.25, 0.3) is 5.91 Å². The standard InChI is InChI=1S/C17H16N2O2S/c20-16(12-6-7-22-11-12)18-8-13-9-19(17(21)15(13)10-18)14-4-2-1-3-5-14/h1-7,11,13,15H,8-10H2/t13-,15+/m1/s1. The molecule has 0 saturated carbocycles. The lowest BCUT2D eigenvalue weighted by Crippen LogP contribution is -2.35. The van der Waals surface area contributed by atoms with E-state index in [-0.39, 0.29) is 23.7 Å². The Balaban J connectivity index is 1.50. The summed E-state index contributed by atoms with van der Waals surface area (Å²) in [6, 6.07) is 11.6.